The Labute approximate surface area is 128 Å². The van der Waals surface area contributed by atoms with Gasteiger partial charge in [-0.1, -0.05) is 18.5 Å². The van der Waals surface area contributed by atoms with Gasteiger partial charge in [0.05, 0.1) is 5.69 Å². The third-order valence-corrected chi connectivity index (χ3v) is 4.51. The van der Waals surface area contributed by atoms with Crippen molar-refractivity contribution in [1.82, 2.24) is 4.90 Å². The zero-order valence-electron chi connectivity index (χ0n) is 11.4. The second-order valence-electron chi connectivity index (χ2n) is 4.79. The van der Waals surface area contributed by atoms with Crippen molar-refractivity contribution in [2.24, 2.45) is 5.92 Å². The molecule has 1 aliphatic rings. The second kappa shape index (κ2) is 7.20. The number of anilines is 1. The quantitative estimate of drug-likeness (QED) is 0.838. The fourth-order valence-electron chi connectivity index (χ4n) is 2.24. The maximum absolute atomic E-state index is 12.2. The number of benzene rings is 1. The van der Waals surface area contributed by atoms with Gasteiger partial charge < -0.3 is 15.3 Å². The Hall–Kier alpha value is -0.910. The molecule has 1 atom stereocenters. The molecule has 20 heavy (non-hydrogen) atoms. The lowest BCUT2D eigenvalue weighted by atomic mass is 10.1. The molecule has 1 aromatic rings. The molecule has 0 spiro atoms. The zero-order chi connectivity index (χ0) is 14.5. The van der Waals surface area contributed by atoms with E-state index in [0.29, 0.717) is 18.1 Å². The molecule has 1 unspecified atom stereocenters. The first-order valence-electron chi connectivity index (χ1n) is 6.73. The minimum absolute atomic E-state index is 0.124. The van der Waals surface area contributed by atoms with Crippen LogP contribution in [0.15, 0.2) is 23.1 Å². The minimum atomic E-state index is -0.124. The van der Waals surface area contributed by atoms with Crippen molar-refractivity contribution in [3.8, 4) is 0 Å². The van der Waals surface area contributed by atoms with Crippen LogP contribution >= 0.6 is 23.4 Å². The van der Waals surface area contributed by atoms with Crippen LogP contribution in [0, 0.1) is 5.92 Å². The number of hydrogen-bond acceptors (Lipinski definition) is 3. The van der Waals surface area contributed by atoms with Gasteiger partial charge in [0, 0.05) is 35.5 Å². The van der Waals surface area contributed by atoms with Crippen LogP contribution in [0.4, 0.5) is 10.5 Å². The van der Waals surface area contributed by atoms with E-state index in [9.17, 15) is 4.79 Å². The molecule has 1 aliphatic heterocycles. The highest BCUT2D eigenvalue weighted by Crippen LogP contribution is 2.30. The zero-order valence-corrected chi connectivity index (χ0v) is 13.0. The molecule has 0 bridgehead atoms. The summed E-state index contributed by atoms with van der Waals surface area (Å²) >= 11 is 7.67. The standard InChI is InChI=1S/C14H19ClN2O2S/c1-2-20-13-4-3-11(15)7-12(13)16-14(19)17-6-5-10(8-17)9-18/h3-4,7,10,18H,2,5-6,8-9H2,1H3,(H,16,19). The third-order valence-electron chi connectivity index (χ3n) is 3.31. The number of halogens is 1. The highest BCUT2D eigenvalue weighted by atomic mass is 35.5. The lowest BCUT2D eigenvalue weighted by molar-refractivity contribution is 0.208. The molecule has 6 heteroatoms. The summed E-state index contributed by atoms with van der Waals surface area (Å²) < 4.78 is 0. The number of nitrogens with zero attached hydrogens (tertiary/aromatic N) is 1. The van der Waals surface area contributed by atoms with Crippen molar-refractivity contribution in [1.29, 1.82) is 0 Å². The van der Waals surface area contributed by atoms with Gasteiger partial charge in [-0.05, 0) is 30.4 Å². The molecule has 1 heterocycles. The van der Waals surface area contributed by atoms with Gasteiger partial charge in [-0.2, -0.15) is 0 Å². The molecule has 2 amide bonds. The summed E-state index contributed by atoms with van der Waals surface area (Å²) in [5, 5.41) is 12.7. The first-order valence-corrected chi connectivity index (χ1v) is 8.09. The molecule has 2 rings (SSSR count). The molecule has 1 fully saturated rings. The van der Waals surface area contributed by atoms with Gasteiger partial charge in [-0.3, -0.25) is 0 Å². The maximum Gasteiger partial charge on any atom is 0.321 e. The number of rotatable bonds is 4. The first-order chi connectivity index (χ1) is 9.63. The number of likely N-dealkylation sites (tertiary alicyclic amines) is 1. The van der Waals surface area contributed by atoms with Crippen LogP contribution in [0.3, 0.4) is 0 Å². The Morgan fingerprint density at radius 3 is 3.05 bits per heavy atom. The van der Waals surface area contributed by atoms with Gasteiger partial charge in [0.15, 0.2) is 0 Å². The molecule has 4 nitrogen and oxygen atoms in total. The van der Waals surface area contributed by atoms with E-state index in [0.717, 1.165) is 22.8 Å². The monoisotopic (exact) mass is 314 g/mol. The number of hydrogen-bond donors (Lipinski definition) is 2. The second-order valence-corrected chi connectivity index (χ2v) is 6.53. The summed E-state index contributed by atoms with van der Waals surface area (Å²) in [6.07, 6.45) is 0.857. The Bertz CT molecular complexity index is 484. The topological polar surface area (TPSA) is 52.6 Å². The van der Waals surface area contributed by atoms with E-state index in [2.05, 4.69) is 12.2 Å². The average Bonchev–Trinajstić information content (AvgIpc) is 2.91. The van der Waals surface area contributed by atoms with E-state index in [1.54, 1.807) is 22.7 Å². The average molecular weight is 315 g/mol. The summed E-state index contributed by atoms with van der Waals surface area (Å²) in [4.78, 5) is 15.0. The van der Waals surface area contributed by atoms with E-state index in [4.69, 9.17) is 16.7 Å². The molecule has 1 saturated heterocycles. The number of aliphatic hydroxyl groups excluding tert-OH is 1. The Morgan fingerprint density at radius 2 is 2.40 bits per heavy atom. The molecule has 0 radical (unpaired) electrons. The first kappa shape index (κ1) is 15.5. The normalized spacial score (nSPS) is 18.4. The van der Waals surface area contributed by atoms with E-state index in [-0.39, 0.29) is 18.6 Å². The lowest BCUT2D eigenvalue weighted by Crippen LogP contribution is -2.33. The Morgan fingerprint density at radius 1 is 1.60 bits per heavy atom. The van der Waals surface area contributed by atoms with Gasteiger partial charge in [0.2, 0.25) is 0 Å². The minimum Gasteiger partial charge on any atom is -0.396 e. The lowest BCUT2D eigenvalue weighted by Gasteiger charge is -2.18. The molecule has 2 N–H and O–H groups in total. The van der Waals surface area contributed by atoms with Crippen LogP contribution in [-0.2, 0) is 0 Å². The van der Waals surface area contributed by atoms with Gasteiger partial charge in [-0.15, -0.1) is 11.8 Å². The van der Waals surface area contributed by atoms with Crippen molar-refractivity contribution < 1.29 is 9.90 Å². The Kier molecular flexibility index (Phi) is 5.57. The maximum atomic E-state index is 12.2. The van der Waals surface area contributed by atoms with Crippen molar-refractivity contribution in [3.05, 3.63) is 23.2 Å². The smallest absolute Gasteiger partial charge is 0.321 e. The van der Waals surface area contributed by atoms with E-state index in [1.165, 1.54) is 0 Å². The fraction of sp³-hybridized carbons (Fsp3) is 0.500. The van der Waals surface area contributed by atoms with Gasteiger partial charge >= 0.3 is 6.03 Å². The van der Waals surface area contributed by atoms with E-state index < -0.39 is 0 Å². The molecular formula is C14H19ClN2O2S. The summed E-state index contributed by atoms with van der Waals surface area (Å²) in [5.41, 5.74) is 0.752. The molecule has 0 aromatic heterocycles. The van der Waals surface area contributed by atoms with Crippen molar-refractivity contribution in [3.63, 3.8) is 0 Å². The summed E-state index contributed by atoms with van der Waals surface area (Å²) in [6, 6.07) is 5.40. The predicted octanol–water partition coefficient (Wildman–Crippen LogP) is 3.30. The number of aliphatic hydroxyl groups is 1. The van der Waals surface area contributed by atoms with E-state index in [1.807, 2.05) is 12.1 Å². The fourth-order valence-corrected chi connectivity index (χ4v) is 3.15. The molecule has 0 saturated carbocycles. The molecule has 0 aliphatic carbocycles. The SMILES string of the molecule is CCSc1ccc(Cl)cc1NC(=O)N1CCC(CO)C1. The summed E-state index contributed by atoms with van der Waals surface area (Å²) in [5.74, 6) is 1.13. The number of amides is 2. The van der Waals surface area contributed by atoms with Gasteiger partial charge in [-0.25, -0.2) is 4.79 Å². The number of carbonyl (C=O) groups is 1. The van der Waals surface area contributed by atoms with Crippen molar-refractivity contribution in [2.45, 2.75) is 18.2 Å². The molecular weight excluding hydrogens is 296 g/mol. The number of urea groups is 1. The molecule has 1 aromatic carbocycles. The van der Waals surface area contributed by atoms with Crippen LogP contribution in [0.2, 0.25) is 5.02 Å². The van der Waals surface area contributed by atoms with Gasteiger partial charge in [0.25, 0.3) is 0 Å². The van der Waals surface area contributed by atoms with Crippen LogP contribution in [0.5, 0.6) is 0 Å². The molecule has 110 valence electrons. The number of carbonyl (C=O) groups excluding carboxylic acids is 1. The summed E-state index contributed by atoms with van der Waals surface area (Å²) in [6.45, 7) is 3.50. The number of nitrogens with one attached hydrogen (secondary N) is 1. The third kappa shape index (κ3) is 3.81. The highest BCUT2D eigenvalue weighted by molar-refractivity contribution is 7.99. The predicted molar refractivity (Wildman–Crippen MR) is 83.6 cm³/mol. The van der Waals surface area contributed by atoms with E-state index >= 15 is 0 Å². The van der Waals surface area contributed by atoms with Crippen LogP contribution in [0.1, 0.15) is 13.3 Å². The van der Waals surface area contributed by atoms with Crippen LogP contribution < -0.4 is 5.32 Å². The Balaban J connectivity index is 2.05. The largest absolute Gasteiger partial charge is 0.396 e. The van der Waals surface area contributed by atoms with Crippen LogP contribution in [-0.4, -0.2) is 41.5 Å². The van der Waals surface area contributed by atoms with Gasteiger partial charge in [0.1, 0.15) is 0 Å². The summed E-state index contributed by atoms with van der Waals surface area (Å²) in [7, 11) is 0. The highest BCUT2D eigenvalue weighted by Gasteiger charge is 2.26. The van der Waals surface area contributed by atoms with Crippen molar-refractivity contribution in [2.75, 3.05) is 30.8 Å². The van der Waals surface area contributed by atoms with Crippen molar-refractivity contribution >= 4 is 35.1 Å². The van der Waals surface area contributed by atoms with Crippen LogP contribution in [0.25, 0.3) is 0 Å². The number of thioether (sulfide) groups is 1.